The molecule has 0 spiro atoms. The monoisotopic (exact) mass is 394 g/mol. The molecule has 144 valence electrons. The summed E-state index contributed by atoms with van der Waals surface area (Å²) in [6.45, 7) is 4.94. The van der Waals surface area contributed by atoms with E-state index in [0.717, 1.165) is 5.69 Å². The average Bonchev–Trinajstić information content (AvgIpc) is 2.86. The average molecular weight is 395 g/mol. The molecule has 1 aromatic rings. The standard InChI is InChI=1S/C19H31N4OPS/c1-19(2,14-20-18(26)21-15-10-6-5-7-11-15)24-25-22(3)16-12-8-9-13-17(16)23(25)4/h5-7,10-11,16-17H,8-9,12-14H2,1-4H3,(H2,20,21,26)/t16-,17-/m1/s1. The van der Waals surface area contributed by atoms with Crippen molar-refractivity contribution in [2.75, 3.05) is 26.0 Å². The summed E-state index contributed by atoms with van der Waals surface area (Å²) in [4.78, 5) is 0. The molecule has 1 saturated carbocycles. The van der Waals surface area contributed by atoms with E-state index in [1.807, 2.05) is 30.3 Å². The summed E-state index contributed by atoms with van der Waals surface area (Å²) in [5.74, 6) is 0. The molecule has 1 saturated heterocycles. The zero-order chi connectivity index (χ0) is 18.7. The van der Waals surface area contributed by atoms with Crippen molar-refractivity contribution in [2.24, 2.45) is 0 Å². The van der Waals surface area contributed by atoms with Gasteiger partial charge in [0.2, 0.25) is 0 Å². The SMILES string of the molecule is CN1[C@@H]2CCCC[C@H]2N(C)P1OC(C)(C)CNC(=S)Nc1ccccc1. The number of benzene rings is 1. The first-order valence-corrected chi connectivity index (χ1v) is 11.0. The summed E-state index contributed by atoms with van der Waals surface area (Å²) >= 11 is 5.42. The lowest BCUT2D eigenvalue weighted by molar-refractivity contribution is 0.114. The van der Waals surface area contributed by atoms with Gasteiger partial charge in [0.25, 0.3) is 0 Å². The van der Waals surface area contributed by atoms with Gasteiger partial charge in [-0.2, -0.15) is 0 Å². The highest BCUT2D eigenvalue weighted by molar-refractivity contribution is 7.80. The summed E-state index contributed by atoms with van der Waals surface area (Å²) in [7, 11) is 3.73. The number of thiocarbonyl (C=S) groups is 1. The third-order valence-corrected chi connectivity index (χ3v) is 7.81. The minimum absolute atomic E-state index is 0.301. The fraction of sp³-hybridized carbons (Fsp3) is 0.632. The van der Waals surface area contributed by atoms with E-state index in [2.05, 4.69) is 47.9 Å². The zero-order valence-electron chi connectivity index (χ0n) is 16.2. The van der Waals surface area contributed by atoms with Crippen LogP contribution in [-0.2, 0) is 4.52 Å². The Hall–Kier alpha value is -0.780. The van der Waals surface area contributed by atoms with Crippen LogP contribution in [0.25, 0.3) is 0 Å². The second-order valence-corrected chi connectivity index (χ2v) is 10.2. The Labute approximate surface area is 164 Å². The summed E-state index contributed by atoms with van der Waals surface area (Å²) in [6.07, 6.45) is 5.26. The van der Waals surface area contributed by atoms with Gasteiger partial charge in [0, 0.05) is 24.3 Å². The van der Waals surface area contributed by atoms with Gasteiger partial charge in [-0.25, -0.2) is 9.34 Å². The van der Waals surface area contributed by atoms with Crippen LogP contribution < -0.4 is 10.6 Å². The van der Waals surface area contributed by atoms with Crippen LogP contribution in [0.5, 0.6) is 0 Å². The number of fused-ring (bicyclic) bond motifs is 1. The maximum absolute atomic E-state index is 6.58. The number of rotatable bonds is 5. The fourth-order valence-electron chi connectivity index (χ4n) is 3.81. The lowest BCUT2D eigenvalue weighted by Crippen LogP contribution is -2.42. The zero-order valence-corrected chi connectivity index (χ0v) is 17.9. The van der Waals surface area contributed by atoms with Crippen molar-refractivity contribution < 1.29 is 4.52 Å². The van der Waals surface area contributed by atoms with Crippen LogP contribution >= 0.6 is 20.7 Å². The summed E-state index contributed by atoms with van der Waals surface area (Å²) in [5, 5.41) is 7.15. The first kappa shape index (κ1) is 20.0. The Morgan fingerprint density at radius 2 is 1.73 bits per heavy atom. The van der Waals surface area contributed by atoms with Crippen LogP contribution in [0, 0.1) is 0 Å². The molecule has 2 atom stereocenters. The minimum Gasteiger partial charge on any atom is -0.360 e. The first-order valence-electron chi connectivity index (χ1n) is 9.42. The highest BCUT2D eigenvalue weighted by Gasteiger charge is 2.47. The van der Waals surface area contributed by atoms with Crippen LogP contribution in [0.1, 0.15) is 39.5 Å². The highest BCUT2D eigenvalue weighted by Crippen LogP contribution is 2.57. The Balaban J connectivity index is 1.52. The number of para-hydroxylation sites is 1. The van der Waals surface area contributed by atoms with Crippen molar-refractivity contribution in [1.82, 2.24) is 14.7 Å². The molecule has 0 radical (unpaired) electrons. The Kier molecular flexibility index (Phi) is 6.52. The number of anilines is 1. The topological polar surface area (TPSA) is 39.8 Å². The smallest absolute Gasteiger partial charge is 0.188 e. The normalized spacial score (nSPS) is 25.1. The second kappa shape index (κ2) is 8.49. The maximum Gasteiger partial charge on any atom is 0.188 e. The predicted octanol–water partition coefficient (Wildman–Crippen LogP) is 4.18. The molecule has 1 aliphatic carbocycles. The third-order valence-electron chi connectivity index (χ3n) is 5.23. The second-order valence-electron chi connectivity index (χ2n) is 7.84. The molecule has 2 fully saturated rings. The van der Waals surface area contributed by atoms with Crippen molar-refractivity contribution in [2.45, 2.75) is 57.2 Å². The maximum atomic E-state index is 6.58. The molecule has 0 aromatic heterocycles. The van der Waals surface area contributed by atoms with Crippen molar-refractivity contribution >= 4 is 31.5 Å². The minimum atomic E-state index is -0.722. The Bertz CT molecular complexity index is 597. The molecule has 7 heteroatoms. The number of nitrogens with one attached hydrogen (secondary N) is 2. The van der Waals surface area contributed by atoms with E-state index >= 15 is 0 Å². The van der Waals surface area contributed by atoms with E-state index < -0.39 is 8.45 Å². The molecule has 2 N–H and O–H groups in total. The first-order chi connectivity index (χ1) is 12.4. The molecular formula is C19H31N4OPS. The van der Waals surface area contributed by atoms with Gasteiger partial charge >= 0.3 is 0 Å². The van der Waals surface area contributed by atoms with E-state index in [4.69, 9.17) is 16.7 Å². The van der Waals surface area contributed by atoms with Gasteiger partial charge in [0.1, 0.15) is 0 Å². The molecule has 0 bridgehead atoms. The van der Waals surface area contributed by atoms with Crippen LogP contribution in [0.15, 0.2) is 30.3 Å². The van der Waals surface area contributed by atoms with Gasteiger partial charge in [0.15, 0.2) is 13.6 Å². The Morgan fingerprint density at radius 1 is 1.15 bits per heavy atom. The van der Waals surface area contributed by atoms with E-state index in [1.165, 1.54) is 25.7 Å². The molecule has 3 rings (SSSR count). The van der Waals surface area contributed by atoms with Gasteiger partial charge in [-0.3, -0.25) is 0 Å². The molecule has 5 nitrogen and oxygen atoms in total. The quantitative estimate of drug-likeness (QED) is 0.577. The summed E-state index contributed by atoms with van der Waals surface area (Å²) < 4.78 is 11.5. The number of likely N-dealkylation sites (N-methyl/N-ethyl adjacent to an activating group) is 2. The van der Waals surface area contributed by atoms with Crippen LogP contribution in [0.3, 0.4) is 0 Å². The largest absolute Gasteiger partial charge is 0.360 e. The molecule has 1 heterocycles. The fourth-order valence-corrected chi connectivity index (χ4v) is 6.26. The summed E-state index contributed by atoms with van der Waals surface area (Å²) in [5.41, 5.74) is 0.692. The van der Waals surface area contributed by atoms with E-state index in [-0.39, 0.29) is 5.60 Å². The number of nitrogens with zero attached hydrogens (tertiary/aromatic N) is 2. The van der Waals surface area contributed by atoms with Crippen LogP contribution in [0.4, 0.5) is 5.69 Å². The van der Waals surface area contributed by atoms with Gasteiger partial charge in [-0.15, -0.1) is 0 Å². The molecule has 1 aromatic carbocycles. The van der Waals surface area contributed by atoms with Gasteiger partial charge in [-0.1, -0.05) is 31.0 Å². The molecule has 0 amide bonds. The highest BCUT2D eigenvalue weighted by atomic mass is 32.1. The lowest BCUT2D eigenvalue weighted by atomic mass is 9.91. The molecule has 1 aliphatic heterocycles. The van der Waals surface area contributed by atoms with Crippen molar-refractivity contribution in [3.63, 3.8) is 0 Å². The van der Waals surface area contributed by atoms with E-state index in [1.54, 1.807) is 0 Å². The molecule has 2 aliphatic rings. The van der Waals surface area contributed by atoms with Crippen molar-refractivity contribution in [3.05, 3.63) is 30.3 Å². The number of hydrogen-bond donors (Lipinski definition) is 2. The van der Waals surface area contributed by atoms with Crippen LogP contribution in [0.2, 0.25) is 0 Å². The molecular weight excluding hydrogens is 363 g/mol. The molecule has 0 unspecified atom stereocenters. The van der Waals surface area contributed by atoms with E-state index in [0.29, 0.717) is 23.7 Å². The predicted molar refractivity (Wildman–Crippen MR) is 114 cm³/mol. The third kappa shape index (κ3) is 4.73. The van der Waals surface area contributed by atoms with Crippen LogP contribution in [-0.4, -0.2) is 52.8 Å². The van der Waals surface area contributed by atoms with Crippen molar-refractivity contribution in [3.8, 4) is 0 Å². The lowest BCUT2D eigenvalue weighted by Gasteiger charge is -2.34. The summed E-state index contributed by atoms with van der Waals surface area (Å²) in [6, 6.07) is 11.3. The Morgan fingerprint density at radius 3 is 2.31 bits per heavy atom. The van der Waals surface area contributed by atoms with Crippen molar-refractivity contribution in [1.29, 1.82) is 0 Å². The number of hydrogen-bond acceptors (Lipinski definition) is 4. The van der Waals surface area contributed by atoms with Gasteiger partial charge in [-0.05, 0) is 65.1 Å². The van der Waals surface area contributed by atoms with Gasteiger partial charge < -0.3 is 15.2 Å². The molecule has 26 heavy (non-hydrogen) atoms. The van der Waals surface area contributed by atoms with E-state index in [9.17, 15) is 0 Å². The van der Waals surface area contributed by atoms with Gasteiger partial charge in [0.05, 0.1) is 5.60 Å².